The van der Waals surface area contributed by atoms with E-state index >= 15 is 0 Å². The van der Waals surface area contributed by atoms with E-state index in [0.717, 1.165) is 5.70 Å². The third kappa shape index (κ3) is 2.57. The van der Waals surface area contributed by atoms with Crippen molar-refractivity contribution < 1.29 is 0 Å². The van der Waals surface area contributed by atoms with Crippen LogP contribution in [0.15, 0.2) is 37.1 Å². The van der Waals surface area contributed by atoms with Crippen LogP contribution in [0, 0.1) is 0 Å². The molecule has 1 nitrogen and oxygen atoms in total. The Kier molecular flexibility index (Phi) is 3.65. The van der Waals surface area contributed by atoms with Crippen LogP contribution in [0.25, 0.3) is 0 Å². The van der Waals surface area contributed by atoms with E-state index in [9.17, 15) is 0 Å². The van der Waals surface area contributed by atoms with Crippen LogP contribution < -0.4 is 0 Å². The highest BCUT2D eigenvalue weighted by molar-refractivity contribution is 5.17. The molecule has 1 fully saturated rings. The lowest BCUT2D eigenvalue weighted by atomic mass is 10.1. The molecule has 0 spiro atoms. The fraction of sp³-hybridized carbons (Fsp3) is 0.455. The van der Waals surface area contributed by atoms with Gasteiger partial charge in [0.25, 0.3) is 0 Å². The molecule has 66 valence electrons. The molecule has 0 aromatic carbocycles. The third-order valence-electron chi connectivity index (χ3n) is 2.19. The molecule has 1 saturated heterocycles. The van der Waals surface area contributed by atoms with Crippen molar-refractivity contribution in [1.82, 2.24) is 4.90 Å². The first kappa shape index (κ1) is 9.11. The Morgan fingerprint density at radius 1 is 1.17 bits per heavy atom. The summed E-state index contributed by atoms with van der Waals surface area (Å²) in [6.45, 7) is 9.97. The highest BCUT2D eigenvalue weighted by Crippen LogP contribution is 2.13. The molecule has 1 heterocycles. The normalized spacial score (nSPS) is 18.2. The zero-order valence-electron chi connectivity index (χ0n) is 7.63. The average molecular weight is 163 g/mol. The Balaban J connectivity index is 2.39. The van der Waals surface area contributed by atoms with Gasteiger partial charge in [-0.2, -0.15) is 0 Å². The van der Waals surface area contributed by atoms with Gasteiger partial charge < -0.3 is 4.90 Å². The Labute approximate surface area is 75.1 Å². The lowest BCUT2D eigenvalue weighted by molar-refractivity contribution is 0.294. The Morgan fingerprint density at radius 2 is 1.83 bits per heavy atom. The number of rotatable bonds is 3. The first-order valence-electron chi connectivity index (χ1n) is 4.57. The van der Waals surface area contributed by atoms with Gasteiger partial charge in [0.15, 0.2) is 0 Å². The molecule has 1 rings (SSSR count). The maximum absolute atomic E-state index is 4.01. The minimum Gasteiger partial charge on any atom is -0.372 e. The number of allylic oxidation sites excluding steroid dienone is 3. The highest BCUT2D eigenvalue weighted by atomic mass is 15.1. The smallest absolute Gasteiger partial charge is 0.0293 e. The van der Waals surface area contributed by atoms with Crippen LogP contribution in [-0.2, 0) is 0 Å². The summed E-state index contributed by atoms with van der Waals surface area (Å²) >= 11 is 0. The van der Waals surface area contributed by atoms with E-state index in [1.165, 1.54) is 32.4 Å². The van der Waals surface area contributed by atoms with Crippen molar-refractivity contribution in [3.8, 4) is 0 Å². The molecule has 0 saturated carbocycles. The van der Waals surface area contributed by atoms with Gasteiger partial charge in [-0.25, -0.2) is 0 Å². The molecule has 1 aliphatic heterocycles. The summed E-state index contributed by atoms with van der Waals surface area (Å²) in [5, 5.41) is 0. The van der Waals surface area contributed by atoms with Crippen molar-refractivity contribution in [3.05, 3.63) is 37.1 Å². The van der Waals surface area contributed by atoms with E-state index in [0.29, 0.717) is 0 Å². The molecule has 0 radical (unpaired) electrons. The second kappa shape index (κ2) is 4.81. The van der Waals surface area contributed by atoms with Gasteiger partial charge in [0, 0.05) is 18.8 Å². The Hall–Kier alpha value is -0.980. The van der Waals surface area contributed by atoms with E-state index in [4.69, 9.17) is 0 Å². The molecule has 1 aliphatic rings. The quantitative estimate of drug-likeness (QED) is 0.578. The lowest BCUT2D eigenvalue weighted by Crippen LogP contribution is -2.27. The van der Waals surface area contributed by atoms with Gasteiger partial charge in [-0.3, -0.25) is 0 Å². The molecule has 0 atom stereocenters. The van der Waals surface area contributed by atoms with Crippen molar-refractivity contribution in [2.45, 2.75) is 19.3 Å². The van der Waals surface area contributed by atoms with Crippen molar-refractivity contribution in [2.75, 3.05) is 13.1 Å². The van der Waals surface area contributed by atoms with Gasteiger partial charge in [-0.15, -0.1) is 0 Å². The first-order chi connectivity index (χ1) is 5.84. The molecule has 0 aliphatic carbocycles. The zero-order valence-corrected chi connectivity index (χ0v) is 7.63. The predicted molar refractivity (Wildman–Crippen MR) is 53.9 cm³/mol. The fourth-order valence-corrected chi connectivity index (χ4v) is 1.47. The summed E-state index contributed by atoms with van der Waals surface area (Å²) in [6, 6.07) is 0. The summed E-state index contributed by atoms with van der Waals surface area (Å²) in [7, 11) is 0. The topological polar surface area (TPSA) is 3.24 Å². The Morgan fingerprint density at radius 3 is 2.42 bits per heavy atom. The maximum atomic E-state index is 4.01. The second-order valence-corrected chi connectivity index (χ2v) is 3.13. The molecular formula is C11H17N. The Bertz CT molecular complexity index is 185. The van der Waals surface area contributed by atoms with E-state index in [1.807, 2.05) is 12.2 Å². The van der Waals surface area contributed by atoms with Gasteiger partial charge in [0.05, 0.1) is 0 Å². The van der Waals surface area contributed by atoms with Crippen LogP contribution in [0.5, 0.6) is 0 Å². The van der Waals surface area contributed by atoms with Crippen molar-refractivity contribution >= 4 is 0 Å². The van der Waals surface area contributed by atoms with Crippen molar-refractivity contribution in [2.24, 2.45) is 0 Å². The van der Waals surface area contributed by atoms with Gasteiger partial charge in [0.1, 0.15) is 0 Å². The minimum atomic E-state index is 1.12. The number of nitrogens with zero attached hydrogens (tertiary/aromatic N) is 1. The van der Waals surface area contributed by atoms with Crippen molar-refractivity contribution in [3.63, 3.8) is 0 Å². The summed E-state index contributed by atoms with van der Waals surface area (Å²) < 4.78 is 0. The summed E-state index contributed by atoms with van der Waals surface area (Å²) in [4.78, 5) is 2.34. The van der Waals surface area contributed by atoms with Crippen LogP contribution >= 0.6 is 0 Å². The average Bonchev–Trinajstić information content (AvgIpc) is 2.15. The monoisotopic (exact) mass is 163 g/mol. The van der Waals surface area contributed by atoms with Gasteiger partial charge in [-0.1, -0.05) is 25.3 Å². The van der Waals surface area contributed by atoms with Crippen LogP contribution in [-0.4, -0.2) is 18.0 Å². The SMILES string of the molecule is C=C/C=C/C(=C)N1CCCCC1. The molecule has 0 bridgehead atoms. The van der Waals surface area contributed by atoms with E-state index < -0.39 is 0 Å². The minimum absolute atomic E-state index is 1.12. The first-order valence-corrected chi connectivity index (χ1v) is 4.57. The molecule has 0 amide bonds. The van der Waals surface area contributed by atoms with Crippen LogP contribution in [0.2, 0.25) is 0 Å². The van der Waals surface area contributed by atoms with Crippen molar-refractivity contribution in [1.29, 1.82) is 0 Å². The maximum Gasteiger partial charge on any atom is 0.0293 e. The highest BCUT2D eigenvalue weighted by Gasteiger charge is 2.08. The van der Waals surface area contributed by atoms with Gasteiger partial charge in [0.2, 0.25) is 0 Å². The molecule has 0 unspecified atom stereocenters. The third-order valence-corrected chi connectivity index (χ3v) is 2.19. The van der Waals surface area contributed by atoms with Crippen LogP contribution in [0.4, 0.5) is 0 Å². The van der Waals surface area contributed by atoms with E-state index in [1.54, 1.807) is 6.08 Å². The zero-order chi connectivity index (χ0) is 8.81. The number of hydrogen-bond acceptors (Lipinski definition) is 1. The molecule has 12 heavy (non-hydrogen) atoms. The molecule has 0 aromatic rings. The standard InChI is InChI=1S/C11H17N/c1-3-4-8-11(2)12-9-6-5-7-10-12/h3-4,8H,1-2,5-7,9-10H2/b8-4+. The molecule has 0 N–H and O–H groups in total. The molecular weight excluding hydrogens is 146 g/mol. The summed E-state index contributed by atoms with van der Waals surface area (Å²) in [6.07, 6.45) is 9.74. The van der Waals surface area contributed by atoms with E-state index in [-0.39, 0.29) is 0 Å². The number of hydrogen-bond donors (Lipinski definition) is 0. The van der Waals surface area contributed by atoms with Crippen LogP contribution in [0.3, 0.4) is 0 Å². The largest absolute Gasteiger partial charge is 0.372 e. The number of likely N-dealkylation sites (tertiary alicyclic amines) is 1. The van der Waals surface area contributed by atoms with Gasteiger partial charge >= 0.3 is 0 Å². The number of piperidine rings is 1. The van der Waals surface area contributed by atoms with Crippen LogP contribution in [0.1, 0.15) is 19.3 Å². The predicted octanol–water partition coefficient (Wildman–Crippen LogP) is 2.73. The fourth-order valence-electron chi connectivity index (χ4n) is 1.47. The lowest BCUT2D eigenvalue weighted by Gasteiger charge is -2.28. The second-order valence-electron chi connectivity index (χ2n) is 3.13. The summed E-state index contributed by atoms with van der Waals surface area (Å²) in [5.41, 5.74) is 1.12. The summed E-state index contributed by atoms with van der Waals surface area (Å²) in [5.74, 6) is 0. The molecule has 1 heteroatoms. The van der Waals surface area contributed by atoms with Gasteiger partial charge in [-0.05, 0) is 25.3 Å². The molecule has 0 aromatic heterocycles. The van der Waals surface area contributed by atoms with E-state index in [2.05, 4.69) is 18.1 Å².